The lowest BCUT2D eigenvalue weighted by atomic mass is 9.44. The van der Waals surface area contributed by atoms with Gasteiger partial charge in [-0.2, -0.15) is 0 Å². The number of hydrogen-bond acceptors (Lipinski definition) is 23. The zero-order valence-corrected chi connectivity index (χ0v) is 42.4. The smallest absolute Gasteiger partial charge is 0.187 e. The number of aliphatic hydroxyl groups is 14. The Morgan fingerprint density at radius 1 is 0.616 bits per heavy atom. The van der Waals surface area contributed by atoms with E-state index in [4.69, 9.17) is 42.6 Å². The molecule has 23 heteroatoms. The molecule has 5 saturated heterocycles. The highest BCUT2D eigenvalue weighted by atomic mass is 16.8. The maximum atomic E-state index is 12.1. The van der Waals surface area contributed by atoms with Crippen LogP contribution in [0.3, 0.4) is 0 Å². The molecule has 0 aromatic heterocycles. The third kappa shape index (κ3) is 10.2. The summed E-state index contributed by atoms with van der Waals surface area (Å²) >= 11 is 0. The highest BCUT2D eigenvalue weighted by molar-refractivity contribution is 5.15. The van der Waals surface area contributed by atoms with E-state index in [-0.39, 0.29) is 47.2 Å². The van der Waals surface area contributed by atoms with Crippen molar-refractivity contribution in [2.24, 2.45) is 52.3 Å². The molecule has 14 N–H and O–H groups in total. The molecule has 422 valence electrons. The average Bonchev–Trinajstić information content (AvgIpc) is 3.80. The van der Waals surface area contributed by atoms with E-state index in [2.05, 4.69) is 20.8 Å². The van der Waals surface area contributed by atoms with Crippen molar-refractivity contribution in [2.75, 3.05) is 26.4 Å². The van der Waals surface area contributed by atoms with Crippen LogP contribution in [0, 0.1) is 52.3 Å². The van der Waals surface area contributed by atoms with Gasteiger partial charge in [-0.15, -0.1) is 0 Å². The van der Waals surface area contributed by atoms with Crippen LogP contribution < -0.4 is 0 Å². The van der Waals surface area contributed by atoms with Gasteiger partial charge in [0.2, 0.25) is 0 Å². The quantitative estimate of drug-likeness (QED) is 0.0757. The van der Waals surface area contributed by atoms with Gasteiger partial charge in [0, 0.05) is 12.3 Å². The SMILES string of the molecule is CC(CCC1(O)OC2CC3C4CCC5CC(OC6OC(CO)C(O)C(OC7OCC(O)C(O)C7OC7OC(C)C(O)C(O)C7O)C6O)C(O)CC5(C)C4CCC3(C)C2C1C)COC1OC(CO)C(O)C(O)C1O. The molecule has 4 saturated carbocycles. The van der Waals surface area contributed by atoms with Crippen LogP contribution >= 0.6 is 0 Å². The van der Waals surface area contributed by atoms with Gasteiger partial charge in [0.1, 0.15) is 85.5 Å². The zero-order valence-electron chi connectivity index (χ0n) is 42.4. The van der Waals surface area contributed by atoms with Crippen LogP contribution in [0.1, 0.15) is 92.4 Å². The fourth-order valence-corrected chi connectivity index (χ4v) is 15.3. The standard InChI is InChI=1S/C50H84O23/c1-19(17-65-44-39(61)38(60)35(57)30(15-51)69-44)8-11-50(64)20(2)32-29(73-50)13-25-23-7-6-22-12-28(26(53)14-49(22,5)24(23)9-10-48(25,32)4)68-46-41(63)42(36(58)31(16-52)70-46)71-47-43(34(56)27(54)18-66-47)72-45-40(62)37(59)33(55)21(3)67-45/h19-47,51-64H,6-18H2,1-5H3. The molecule has 0 aromatic rings. The van der Waals surface area contributed by atoms with Crippen molar-refractivity contribution in [3.63, 3.8) is 0 Å². The highest BCUT2D eigenvalue weighted by Gasteiger charge is 2.69. The van der Waals surface area contributed by atoms with Gasteiger partial charge in [-0.1, -0.05) is 27.7 Å². The van der Waals surface area contributed by atoms with Crippen molar-refractivity contribution < 1.29 is 114 Å². The Hall–Kier alpha value is -0.920. The molecule has 32 atom stereocenters. The number of rotatable bonds is 14. The van der Waals surface area contributed by atoms with Crippen molar-refractivity contribution in [3.8, 4) is 0 Å². The molecule has 4 aliphatic carbocycles. The summed E-state index contributed by atoms with van der Waals surface area (Å²) in [6.45, 7) is 8.53. The lowest BCUT2D eigenvalue weighted by Gasteiger charge is -2.62. The van der Waals surface area contributed by atoms with Gasteiger partial charge in [0.25, 0.3) is 0 Å². The largest absolute Gasteiger partial charge is 0.394 e. The minimum absolute atomic E-state index is 0.0845. The number of aliphatic hydroxyl groups excluding tert-OH is 13. The van der Waals surface area contributed by atoms with E-state index in [1.165, 1.54) is 6.92 Å². The van der Waals surface area contributed by atoms with Gasteiger partial charge in [-0.3, -0.25) is 0 Å². The fraction of sp³-hybridized carbons (Fsp3) is 1.00. The Kier molecular flexibility index (Phi) is 17.1. The van der Waals surface area contributed by atoms with E-state index >= 15 is 0 Å². The molecule has 0 spiro atoms. The van der Waals surface area contributed by atoms with Crippen molar-refractivity contribution in [3.05, 3.63) is 0 Å². The first-order chi connectivity index (χ1) is 34.5. The van der Waals surface area contributed by atoms with E-state index < -0.39 is 155 Å². The first-order valence-corrected chi connectivity index (χ1v) is 26.7. The Morgan fingerprint density at radius 2 is 1.26 bits per heavy atom. The number of ether oxygens (including phenoxy) is 9. The van der Waals surface area contributed by atoms with E-state index in [0.29, 0.717) is 43.4 Å². The third-order valence-corrected chi connectivity index (χ3v) is 19.7. The molecule has 23 nitrogen and oxygen atoms in total. The molecule has 32 unspecified atom stereocenters. The lowest BCUT2D eigenvalue weighted by Crippen LogP contribution is -2.65. The zero-order chi connectivity index (χ0) is 52.8. The first-order valence-electron chi connectivity index (χ1n) is 26.7. The molecule has 5 aliphatic heterocycles. The molecular formula is C50H84O23. The van der Waals surface area contributed by atoms with Crippen LogP contribution in [0.15, 0.2) is 0 Å². The summed E-state index contributed by atoms with van der Waals surface area (Å²) in [5.41, 5.74) is -0.330. The predicted molar refractivity (Wildman–Crippen MR) is 246 cm³/mol. The molecule has 9 fully saturated rings. The van der Waals surface area contributed by atoms with E-state index in [1.807, 2.05) is 6.92 Å². The molecule has 0 aromatic carbocycles. The van der Waals surface area contributed by atoms with Gasteiger partial charge < -0.3 is 114 Å². The van der Waals surface area contributed by atoms with Crippen LogP contribution in [0.25, 0.3) is 0 Å². The normalized spacial score (nSPS) is 56.6. The second-order valence-corrected chi connectivity index (χ2v) is 24.0. The lowest BCUT2D eigenvalue weighted by molar-refractivity contribution is -0.381. The fourth-order valence-electron chi connectivity index (χ4n) is 15.3. The third-order valence-electron chi connectivity index (χ3n) is 19.7. The summed E-state index contributed by atoms with van der Waals surface area (Å²) in [5.74, 6) is -0.291. The second kappa shape index (κ2) is 22.0. The molecule has 9 aliphatic rings. The minimum atomic E-state index is -1.78. The van der Waals surface area contributed by atoms with Crippen molar-refractivity contribution in [1.82, 2.24) is 0 Å². The van der Waals surface area contributed by atoms with Crippen LogP contribution in [-0.2, 0) is 42.6 Å². The van der Waals surface area contributed by atoms with Gasteiger partial charge in [-0.25, -0.2) is 0 Å². The van der Waals surface area contributed by atoms with Gasteiger partial charge in [0.05, 0.1) is 50.8 Å². The van der Waals surface area contributed by atoms with Crippen LogP contribution in [0.4, 0.5) is 0 Å². The minimum Gasteiger partial charge on any atom is -0.394 e. The predicted octanol–water partition coefficient (Wildman–Crippen LogP) is -3.32. The van der Waals surface area contributed by atoms with Crippen LogP contribution in [0.5, 0.6) is 0 Å². The summed E-state index contributed by atoms with van der Waals surface area (Å²) in [7, 11) is 0. The van der Waals surface area contributed by atoms with Crippen molar-refractivity contribution in [1.29, 1.82) is 0 Å². The van der Waals surface area contributed by atoms with Crippen molar-refractivity contribution in [2.45, 2.75) is 233 Å². The molecule has 0 bridgehead atoms. The maximum absolute atomic E-state index is 12.1. The summed E-state index contributed by atoms with van der Waals surface area (Å²) < 4.78 is 53.4. The molecule has 0 radical (unpaired) electrons. The topological polar surface area (TPSA) is 366 Å². The maximum Gasteiger partial charge on any atom is 0.187 e. The first kappa shape index (κ1) is 56.8. The van der Waals surface area contributed by atoms with Gasteiger partial charge >= 0.3 is 0 Å². The summed E-state index contributed by atoms with van der Waals surface area (Å²) in [6.07, 6.45) is -24.2. The Labute approximate surface area is 425 Å². The number of hydrogen-bond donors (Lipinski definition) is 14. The van der Waals surface area contributed by atoms with Gasteiger partial charge in [0.15, 0.2) is 30.9 Å². The van der Waals surface area contributed by atoms with Gasteiger partial charge in [-0.05, 0) is 105 Å². The Bertz CT molecular complexity index is 1840. The number of fused-ring (bicyclic) bond motifs is 7. The van der Waals surface area contributed by atoms with Crippen LogP contribution in [-0.4, -0.2) is 239 Å². The Morgan fingerprint density at radius 3 is 1.97 bits per heavy atom. The highest BCUT2D eigenvalue weighted by Crippen LogP contribution is 2.71. The van der Waals surface area contributed by atoms with E-state index in [0.717, 1.165) is 32.1 Å². The monoisotopic (exact) mass is 1050 g/mol. The molecule has 5 heterocycles. The molecule has 0 amide bonds. The molecule has 73 heavy (non-hydrogen) atoms. The Balaban J connectivity index is 0.807. The second-order valence-electron chi connectivity index (χ2n) is 24.0. The van der Waals surface area contributed by atoms with Crippen molar-refractivity contribution >= 4 is 0 Å². The van der Waals surface area contributed by atoms with E-state index in [9.17, 15) is 71.5 Å². The summed E-state index contributed by atoms with van der Waals surface area (Å²) in [4.78, 5) is 0. The summed E-state index contributed by atoms with van der Waals surface area (Å²) in [5, 5.41) is 150. The van der Waals surface area contributed by atoms with Crippen LogP contribution in [0.2, 0.25) is 0 Å². The summed E-state index contributed by atoms with van der Waals surface area (Å²) in [6, 6.07) is 0. The molecule has 9 rings (SSSR count). The average molecular weight is 1050 g/mol. The van der Waals surface area contributed by atoms with E-state index in [1.54, 1.807) is 0 Å². The molecular weight excluding hydrogens is 969 g/mol.